The highest BCUT2D eigenvalue weighted by Crippen LogP contribution is 2.43. The molecule has 1 aliphatic carbocycles. The fourth-order valence-corrected chi connectivity index (χ4v) is 3.22. The van der Waals surface area contributed by atoms with Gasteiger partial charge in [-0.3, -0.25) is 0 Å². The van der Waals surface area contributed by atoms with E-state index in [4.69, 9.17) is 10.5 Å². The van der Waals surface area contributed by atoms with E-state index in [1.807, 2.05) is 25.7 Å². The Labute approximate surface area is 110 Å². The fourth-order valence-electron chi connectivity index (χ4n) is 3.22. The van der Waals surface area contributed by atoms with Gasteiger partial charge in [0.2, 0.25) is 0 Å². The molecule has 0 radical (unpaired) electrons. The van der Waals surface area contributed by atoms with Crippen LogP contribution in [0, 0.1) is 5.41 Å². The minimum Gasteiger partial charge on any atom is -0.444 e. The van der Waals surface area contributed by atoms with Crippen LogP contribution in [0.1, 0.15) is 52.9 Å². The van der Waals surface area contributed by atoms with Gasteiger partial charge in [0.15, 0.2) is 0 Å². The third kappa shape index (κ3) is 2.79. The SMILES string of the molecule is CC(C)(C)OC(=O)N1CC[C@]2(CCCC[C@@H]2N)C1. The second kappa shape index (κ2) is 4.72. The first-order valence-corrected chi connectivity index (χ1v) is 7.06. The van der Waals surface area contributed by atoms with Crippen LogP contribution in [0.2, 0.25) is 0 Å². The van der Waals surface area contributed by atoms with Crippen LogP contribution in [0.4, 0.5) is 4.79 Å². The van der Waals surface area contributed by atoms with Gasteiger partial charge in [-0.25, -0.2) is 4.79 Å². The minimum absolute atomic E-state index is 0.162. The zero-order chi connectivity index (χ0) is 13.4. The van der Waals surface area contributed by atoms with E-state index < -0.39 is 5.60 Å². The van der Waals surface area contributed by atoms with Crippen molar-refractivity contribution in [1.82, 2.24) is 4.90 Å². The lowest BCUT2D eigenvalue weighted by Gasteiger charge is -2.39. The van der Waals surface area contributed by atoms with E-state index in [0.717, 1.165) is 32.4 Å². The van der Waals surface area contributed by atoms with Crippen LogP contribution in [0.5, 0.6) is 0 Å². The zero-order valence-electron chi connectivity index (χ0n) is 11.9. The molecule has 104 valence electrons. The number of hydrogen-bond acceptors (Lipinski definition) is 3. The molecule has 1 aliphatic heterocycles. The summed E-state index contributed by atoms with van der Waals surface area (Å²) < 4.78 is 5.44. The van der Waals surface area contributed by atoms with Crippen LogP contribution < -0.4 is 5.73 Å². The van der Waals surface area contributed by atoms with Crippen molar-refractivity contribution in [1.29, 1.82) is 0 Å². The number of carbonyl (C=O) groups is 1. The van der Waals surface area contributed by atoms with E-state index in [2.05, 4.69) is 0 Å². The van der Waals surface area contributed by atoms with Gasteiger partial charge in [0, 0.05) is 24.5 Å². The summed E-state index contributed by atoms with van der Waals surface area (Å²) in [5.74, 6) is 0. The number of nitrogens with zero attached hydrogens (tertiary/aromatic N) is 1. The molecular weight excluding hydrogens is 228 g/mol. The number of hydrogen-bond donors (Lipinski definition) is 1. The maximum atomic E-state index is 12.1. The molecule has 1 saturated carbocycles. The van der Waals surface area contributed by atoms with Crippen molar-refractivity contribution in [2.45, 2.75) is 64.5 Å². The summed E-state index contributed by atoms with van der Waals surface area (Å²) in [7, 11) is 0. The van der Waals surface area contributed by atoms with Crippen LogP contribution in [-0.2, 0) is 4.74 Å². The quantitative estimate of drug-likeness (QED) is 0.722. The average molecular weight is 254 g/mol. The van der Waals surface area contributed by atoms with Crippen LogP contribution in [0.3, 0.4) is 0 Å². The second-order valence-corrected chi connectivity index (χ2v) is 6.87. The molecule has 1 saturated heterocycles. The smallest absolute Gasteiger partial charge is 0.410 e. The van der Waals surface area contributed by atoms with E-state index in [1.165, 1.54) is 12.8 Å². The van der Waals surface area contributed by atoms with E-state index in [1.54, 1.807) is 0 Å². The molecule has 0 aromatic heterocycles. The number of amides is 1. The molecule has 4 heteroatoms. The summed E-state index contributed by atoms with van der Waals surface area (Å²) in [6.07, 6.45) is 5.59. The van der Waals surface area contributed by atoms with E-state index >= 15 is 0 Å². The largest absolute Gasteiger partial charge is 0.444 e. The molecule has 18 heavy (non-hydrogen) atoms. The van der Waals surface area contributed by atoms with Crippen molar-refractivity contribution >= 4 is 6.09 Å². The maximum absolute atomic E-state index is 12.1. The minimum atomic E-state index is -0.415. The van der Waals surface area contributed by atoms with Gasteiger partial charge in [0.25, 0.3) is 0 Å². The Balaban J connectivity index is 1.97. The number of likely N-dealkylation sites (tertiary alicyclic amines) is 1. The summed E-state index contributed by atoms with van der Waals surface area (Å²) in [5, 5.41) is 0. The van der Waals surface area contributed by atoms with Crippen molar-refractivity contribution in [3.05, 3.63) is 0 Å². The number of rotatable bonds is 0. The van der Waals surface area contributed by atoms with Gasteiger partial charge in [-0.05, 0) is 40.0 Å². The van der Waals surface area contributed by atoms with Gasteiger partial charge in [0.1, 0.15) is 5.60 Å². The van der Waals surface area contributed by atoms with Gasteiger partial charge < -0.3 is 15.4 Å². The summed E-state index contributed by atoms with van der Waals surface area (Å²) in [6.45, 7) is 7.29. The molecule has 2 rings (SSSR count). The molecular formula is C14H26N2O2. The summed E-state index contributed by atoms with van der Waals surface area (Å²) in [5.41, 5.74) is 6.03. The van der Waals surface area contributed by atoms with Crippen LogP contribution >= 0.6 is 0 Å². The highest BCUT2D eigenvalue weighted by atomic mass is 16.6. The van der Waals surface area contributed by atoms with E-state index in [-0.39, 0.29) is 17.6 Å². The Bertz CT molecular complexity index is 324. The first-order valence-electron chi connectivity index (χ1n) is 7.06. The second-order valence-electron chi connectivity index (χ2n) is 6.87. The molecule has 4 nitrogen and oxygen atoms in total. The van der Waals surface area contributed by atoms with Crippen molar-refractivity contribution in [3.8, 4) is 0 Å². The molecule has 2 atom stereocenters. The number of carbonyl (C=O) groups excluding carboxylic acids is 1. The first kappa shape index (κ1) is 13.7. The van der Waals surface area contributed by atoms with E-state index in [9.17, 15) is 4.79 Å². The predicted octanol–water partition coefficient (Wildman–Crippen LogP) is 2.51. The zero-order valence-corrected chi connectivity index (χ0v) is 11.9. The van der Waals surface area contributed by atoms with Crippen LogP contribution in [-0.4, -0.2) is 35.7 Å². The fraction of sp³-hybridized carbons (Fsp3) is 0.929. The van der Waals surface area contributed by atoms with Crippen molar-refractivity contribution in [2.24, 2.45) is 11.1 Å². The molecule has 1 spiro atoms. The highest BCUT2D eigenvalue weighted by molar-refractivity contribution is 5.68. The Kier molecular flexibility index (Phi) is 3.58. The molecule has 1 heterocycles. The molecule has 0 unspecified atom stereocenters. The molecule has 1 amide bonds. The van der Waals surface area contributed by atoms with Gasteiger partial charge in [-0.15, -0.1) is 0 Å². The van der Waals surface area contributed by atoms with Crippen molar-refractivity contribution in [2.75, 3.05) is 13.1 Å². The topological polar surface area (TPSA) is 55.6 Å². The lowest BCUT2D eigenvalue weighted by molar-refractivity contribution is 0.0255. The summed E-state index contributed by atoms with van der Waals surface area (Å²) in [6, 6.07) is 0.249. The molecule has 2 N–H and O–H groups in total. The molecule has 2 aliphatic rings. The van der Waals surface area contributed by atoms with Gasteiger partial charge >= 0.3 is 6.09 Å². The Morgan fingerprint density at radius 3 is 2.67 bits per heavy atom. The Morgan fingerprint density at radius 2 is 2.06 bits per heavy atom. The van der Waals surface area contributed by atoms with Gasteiger partial charge in [-0.2, -0.15) is 0 Å². The van der Waals surface area contributed by atoms with Crippen molar-refractivity contribution < 1.29 is 9.53 Å². The molecule has 0 bridgehead atoms. The lowest BCUT2D eigenvalue weighted by Crippen LogP contribution is -2.47. The normalized spacial score (nSPS) is 32.9. The number of nitrogens with two attached hydrogens (primary N) is 1. The average Bonchev–Trinajstić information content (AvgIpc) is 2.66. The third-order valence-electron chi connectivity index (χ3n) is 4.26. The Hall–Kier alpha value is -0.770. The lowest BCUT2D eigenvalue weighted by atomic mass is 9.70. The standard InChI is InChI=1S/C14H26N2O2/c1-13(2,3)18-12(17)16-9-8-14(10-16)7-5-4-6-11(14)15/h11H,4-10,15H2,1-3H3/t11-,14+/m0/s1. The van der Waals surface area contributed by atoms with E-state index in [0.29, 0.717) is 0 Å². The highest BCUT2D eigenvalue weighted by Gasteiger charge is 2.46. The monoisotopic (exact) mass is 254 g/mol. The third-order valence-corrected chi connectivity index (χ3v) is 4.26. The maximum Gasteiger partial charge on any atom is 0.410 e. The first-order chi connectivity index (χ1) is 8.32. The predicted molar refractivity (Wildman–Crippen MR) is 71.3 cm³/mol. The van der Waals surface area contributed by atoms with Gasteiger partial charge in [-0.1, -0.05) is 12.8 Å². The molecule has 2 fully saturated rings. The number of ether oxygens (including phenoxy) is 1. The summed E-state index contributed by atoms with van der Waals surface area (Å²) >= 11 is 0. The Morgan fingerprint density at radius 1 is 1.33 bits per heavy atom. The summed E-state index contributed by atoms with van der Waals surface area (Å²) in [4.78, 5) is 13.9. The van der Waals surface area contributed by atoms with Crippen LogP contribution in [0.25, 0.3) is 0 Å². The molecule has 0 aromatic rings. The van der Waals surface area contributed by atoms with Crippen molar-refractivity contribution in [3.63, 3.8) is 0 Å². The molecule has 0 aromatic carbocycles. The van der Waals surface area contributed by atoms with Crippen LogP contribution in [0.15, 0.2) is 0 Å². The van der Waals surface area contributed by atoms with Gasteiger partial charge in [0.05, 0.1) is 0 Å².